The molecule has 5 rings (SSSR count). The van der Waals surface area contributed by atoms with E-state index < -0.39 is 15.1 Å². The average Bonchev–Trinajstić information content (AvgIpc) is 3.17. The van der Waals surface area contributed by atoms with Crippen LogP contribution < -0.4 is 4.90 Å². The molecule has 0 radical (unpaired) electrons. The van der Waals surface area contributed by atoms with Crippen molar-refractivity contribution in [2.45, 2.75) is 69.0 Å². The number of hydrogen-bond donors (Lipinski definition) is 0. The predicted molar refractivity (Wildman–Crippen MR) is 122 cm³/mol. The number of sulfone groups is 1. The van der Waals surface area contributed by atoms with E-state index in [2.05, 4.69) is 15.0 Å². The zero-order chi connectivity index (χ0) is 22.1. The van der Waals surface area contributed by atoms with Crippen LogP contribution in [-0.2, 0) is 14.6 Å². The third-order valence-corrected chi connectivity index (χ3v) is 9.14. The smallest absolute Gasteiger partial charge is 0.266 e. The standard InChI is InChI=1S/C23H34N4O4S/c1-32(28,29)19-6-7-21(24-15-19)30-13-10-18-14-20(18)16-8-11-27(12-9-16)23-25-22(31-26-23)17-4-2-3-5-17/h7,15-20H,2-6,8-14H2,1H3/t18-,19?,20-/m1/s1. The minimum atomic E-state index is -3.08. The highest BCUT2D eigenvalue weighted by atomic mass is 32.2. The van der Waals surface area contributed by atoms with Crippen LogP contribution in [0.5, 0.6) is 0 Å². The molecule has 2 aliphatic carbocycles. The molecule has 0 bridgehead atoms. The zero-order valence-corrected chi connectivity index (χ0v) is 19.7. The Morgan fingerprint density at radius 1 is 1.19 bits per heavy atom. The van der Waals surface area contributed by atoms with Gasteiger partial charge in [0, 0.05) is 31.5 Å². The fourth-order valence-electron chi connectivity index (χ4n) is 5.59. The first kappa shape index (κ1) is 21.9. The number of anilines is 1. The molecule has 0 amide bonds. The summed E-state index contributed by atoms with van der Waals surface area (Å²) in [6, 6.07) is 0. The summed E-state index contributed by atoms with van der Waals surface area (Å²) in [5, 5.41) is 3.74. The molecule has 3 fully saturated rings. The SMILES string of the molecule is CS(=O)(=O)C1C=NC(OCC[C@@H]2C[C@@H]2C2CCN(c3noc(C4CCCC4)n3)CC2)=CC1. The quantitative estimate of drug-likeness (QED) is 0.581. The molecular formula is C23H34N4O4S. The summed E-state index contributed by atoms with van der Waals surface area (Å²) in [5.41, 5.74) is 0. The lowest BCUT2D eigenvalue weighted by Crippen LogP contribution is -2.35. The first-order chi connectivity index (χ1) is 15.5. The van der Waals surface area contributed by atoms with E-state index in [4.69, 9.17) is 14.2 Å². The molecule has 9 heteroatoms. The number of nitrogens with zero attached hydrogens (tertiary/aromatic N) is 4. The summed E-state index contributed by atoms with van der Waals surface area (Å²) in [7, 11) is -3.08. The summed E-state index contributed by atoms with van der Waals surface area (Å²) in [6.45, 7) is 2.67. The highest BCUT2D eigenvalue weighted by Crippen LogP contribution is 2.50. The summed E-state index contributed by atoms with van der Waals surface area (Å²) >= 11 is 0. The summed E-state index contributed by atoms with van der Waals surface area (Å²) in [6.07, 6.45) is 14.6. The molecule has 2 aliphatic heterocycles. The molecule has 32 heavy (non-hydrogen) atoms. The Kier molecular flexibility index (Phi) is 6.27. The maximum Gasteiger partial charge on any atom is 0.266 e. The summed E-state index contributed by atoms with van der Waals surface area (Å²) < 4.78 is 34.5. The van der Waals surface area contributed by atoms with Crippen LogP contribution in [0.2, 0.25) is 0 Å². The summed E-state index contributed by atoms with van der Waals surface area (Å²) in [5.74, 6) is 4.98. The van der Waals surface area contributed by atoms with Crippen molar-refractivity contribution in [3.63, 3.8) is 0 Å². The van der Waals surface area contributed by atoms with Crippen LogP contribution >= 0.6 is 0 Å². The van der Waals surface area contributed by atoms with Crippen molar-refractivity contribution < 1.29 is 17.7 Å². The van der Waals surface area contributed by atoms with Crippen LogP contribution in [0.3, 0.4) is 0 Å². The number of hydrogen-bond acceptors (Lipinski definition) is 8. The van der Waals surface area contributed by atoms with E-state index in [0.717, 1.165) is 49.1 Å². The third kappa shape index (κ3) is 5.02. The van der Waals surface area contributed by atoms with Crippen molar-refractivity contribution in [1.82, 2.24) is 10.1 Å². The van der Waals surface area contributed by atoms with Gasteiger partial charge in [0.15, 0.2) is 9.84 Å². The maximum absolute atomic E-state index is 11.6. The monoisotopic (exact) mass is 462 g/mol. The topological polar surface area (TPSA) is 97.9 Å². The fourth-order valence-corrected chi connectivity index (χ4v) is 6.31. The van der Waals surface area contributed by atoms with Gasteiger partial charge in [-0.2, -0.15) is 4.98 Å². The molecule has 1 unspecified atom stereocenters. The van der Waals surface area contributed by atoms with E-state index in [9.17, 15) is 8.42 Å². The van der Waals surface area contributed by atoms with Crippen LogP contribution in [-0.4, -0.2) is 56.0 Å². The van der Waals surface area contributed by atoms with Crippen molar-refractivity contribution in [1.29, 1.82) is 0 Å². The van der Waals surface area contributed by atoms with Gasteiger partial charge in [-0.1, -0.05) is 12.8 Å². The van der Waals surface area contributed by atoms with Gasteiger partial charge < -0.3 is 14.2 Å². The summed E-state index contributed by atoms with van der Waals surface area (Å²) in [4.78, 5) is 11.2. The van der Waals surface area contributed by atoms with Gasteiger partial charge in [-0.3, -0.25) is 0 Å². The second-order valence-electron chi connectivity index (χ2n) is 9.96. The molecule has 0 spiro atoms. The first-order valence-electron chi connectivity index (χ1n) is 12.1. The van der Waals surface area contributed by atoms with Gasteiger partial charge in [-0.15, -0.1) is 0 Å². The number of aliphatic imine (C=N–C) groups is 1. The Balaban J connectivity index is 1.01. The Labute approximate surface area is 190 Å². The molecule has 1 aromatic rings. The lowest BCUT2D eigenvalue weighted by Gasteiger charge is -2.31. The van der Waals surface area contributed by atoms with Gasteiger partial charge in [0.25, 0.3) is 5.95 Å². The van der Waals surface area contributed by atoms with Gasteiger partial charge in [-0.05, 0) is 73.9 Å². The first-order valence-corrected chi connectivity index (χ1v) is 14.1. The number of aromatic nitrogens is 2. The Bertz CT molecular complexity index is 958. The minimum absolute atomic E-state index is 0.449. The average molecular weight is 463 g/mol. The molecule has 8 nitrogen and oxygen atoms in total. The van der Waals surface area contributed by atoms with E-state index in [0.29, 0.717) is 24.8 Å². The number of allylic oxidation sites excluding steroid dienone is 1. The molecule has 176 valence electrons. The Morgan fingerprint density at radius 2 is 1.97 bits per heavy atom. The molecule has 2 saturated carbocycles. The van der Waals surface area contributed by atoms with Crippen LogP contribution in [0.25, 0.3) is 0 Å². The molecule has 0 aromatic carbocycles. The number of ether oxygens (including phenoxy) is 1. The van der Waals surface area contributed by atoms with Crippen LogP contribution in [0, 0.1) is 17.8 Å². The lowest BCUT2D eigenvalue weighted by molar-refractivity contribution is 0.194. The zero-order valence-electron chi connectivity index (χ0n) is 18.9. The van der Waals surface area contributed by atoms with Gasteiger partial charge in [0.2, 0.25) is 11.8 Å². The van der Waals surface area contributed by atoms with Gasteiger partial charge in [0.1, 0.15) is 0 Å². The van der Waals surface area contributed by atoms with Crippen LogP contribution in [0.1, 0.15) is 69.6 Å². The van der Waals surface area contributed by atoms with Crippen molar-refractivity contribution in [2.24, 2.45) is 22.7 Å². The maximum atomic E-state index is 11.6. The van der Waals surface area contributed by atoms with Crippen molar-refractivity contribution in [3.8, 4) is 0 Å². The van der Waals surface area contributed by atoms with Gasteiger partial charge in [-0.25, -0.2) is 13.4 Å². The second kappa shape index (κ2) is 9.15. The van der Waals surface area contributed by atoms with Crippen LogP contribution in [0.15, 0.2) is 21.5 Å². The molecule has 1 saturated heterocycles. The molecular weight excluding hydrogens is 428 g/mol. The van der Waals surface area contributed by atoms with E-state index in [1.807, 2.05) is 0 Å². The highest BCUT2D eigenvalue weighted by molar-refractivity contribution is 7.92. The fraction of sp³-hybridized carbons (Fsp3) is 0.783. The van der Waals surface area contributed by atoms with Crippen LogP contribution in [0.4, 0.5) is 5.95 Å². The highest BCUT2D eigenvalue weighted by Gasteiger charge is 2.43. The van der Waals surface area contributed by atoms with Gasteiger partial charge >= 0.3 is 0 Å². The van der Waals surface area contributed by atoms with Crippen molar-refractivity contribution >= 4 is 22.0 Å². The molecule has 1 aromatic heterocycles. The minimum Gasteiger partial charge on any atom is -0.478 e. The second-order valence-corrected chi connectivity index (χ2v) is 12.2. The number of piperidine rings is 1. The molecule has 3 atom stereocenters. The van der Waals surface area contributed by atoms with E-state index in [1.54, 1.807) is 6.08 Å². The van der Waals surface area contributed by atoms with E-state index in [-0.39, 0.29) is 0 Å². The third-order valence-electron chi connectivity index (χ3n) is 7.72. The normalized spacial score (nSPS) is 29.3. The van der Waals surface area contributed by atoms with E-state index in [1.165, 1.54) is 57.4 Å². The largest absolute Gasteiger partial charge is 0.478 e. The van der Waals surface area contributed by atoms with Crippen molar-refractivity contribution in [3.05, 3.63) is 17.8 Å². The van der Waals surface area contributed by atoms with Gasteiger partial charge in [0.05, 0.1) is 11.9 Å². The Hall–Kier alpha value is -1.90. The van der Waals surface area contributed by atoms with E-state index >= 15 is 0 Å². The molecule has 4 aliphatic rings. The van der Waals surface area contributed by atoms with Crippen molar-refractivity contribution in [2.75, 3.05) is 30.9 Å². The Morgan fingerprint density at radius 3 is 2.66 bits per heavy atom. The molecule has 3 heterocycles. The number of rotatable bonds is 8. The molecule has 0 N–H and O–H groups in total. The predicted octanol–water partition coefficient (Wildman–Crippen LogP) is 3.72. The lowest BCUT2D eigenvalue weighted by atomic mass is 9.90.